The molecule has 0 bridgehead atoms. The molecule has 38 heavy (non-hydrogen) atoms. The van der Waals surface area contributed by atoms with Crippen LogP contribution in [0.3, 0.4) is 0 Å². The molecule has 0 aliphatic carbocycles. The van der Waals surface area contributed by atoms with Crippen molar-refractivity contribution in [1.29, 1.82) is 0 Å². The first-order valence-electron chi connectivity index (χ1n) is 11.4. The van der Waals surface area contributed by atoms with Crippen molar-refractivity contribution in [2.75, 3.05) is 44.9 Å². The van der Waals surface area contributed by atoms with Crippen LogP contribution in [-0.2, 0) is 8.98 Å². The second-order valence-corrected chi connectivity index (χ2v) is 10.2. The van der Waals surface area contributed by atoms with Gasteiger partial charge in [0.1, 0.15) is 35.3 Å². The fourth-order valence-electron chi connectivity index (χ4n) is 3.72. The Hall–Kier alpha value is -2.90. The minimum atomic E-state index is -0.927. The number of para-hydroxylation sites is 1. The molecule has 0 unspecified atom stereocenters. The maximum atomic E-state index is 15.6. The second kappa shape index (κ2) is 12.8. The van der Waals surface area contributed by atoms with E-state index in [2.05, 4.69) is 15.2 Å². The van der Waals surface area contributed by atoms with Gasteiger partial charge in [0.05, 0.1) is 28.4 Å². The van der Waals surface area contributed by atoms with Gasteiger partial charge in [-0.3, -0.25) is 13.3 Å². The molecule has 1 amide bonds. The van der Waals surface area contributed by atoms with Crippen LogP contribution < -0.4 is 5.32 Å². The number of thioether (sulfide) groups is 1. The number of aromatic hydroxyl groups is 1. The number of pyridine rings is 1. The number of aliphatic imine (C=N–C) groups is 1. The highest BCUT2D eigenvalue weighted by molar-refractivity contribution is 7.98. The summed E-state index contributed by atoms with van der Waals surface area (Å²) in [6, 6.07) is 10.0. The maximum Gasteiger partial charge on any atom is 0.212 e. The molecule has 2 heterocycles. The lowest BCUT2D eigenvalue weighted by Crippen LogP contribution is -2.38. The molecule has 1 aliphatic heterocycles. The first-order valence-corrected chi connectivity index (χ1v) is 13.7. The molecule has 13 heteroatoms. The highest BCUT2D eigenvalue weighted by Crippen LogP contribution is 2.38. The van der Waals surface area contributed by atoms with Gasteiger partial charge in [-0.1, -0.05) is 23.7 Å². The first kappa shape index (κ1) is 28.1. The third-order valence-corrected chi connectivity index (χ3v) is 7.53. The summed E-state index contributed by atoms with van der Waals surface area (Å²) < 4.78 is 37.6. The van der Waals surface area contributed by atoms with Gasteiger partial charge in [-0.15, -0.1) is 11.8 Å². The molecule has 0 radical (unpaired) electrons. The standard InChI is InChI=1S/C25H24ClF2N5O3S2/c1-32-9-10-33(38-36-12-11-32)25(31-22-16(26)5-3-8-20(22)37-2)15-13-18(28)23(30-24(15)29-14-34)21-17(27)6-4-7-19(21)35/h3-8,13-14,35H,9-12H2,1-2H3,(H,29,30,34)/b31-25+. The predicted octanol–water partition coefficient (Wildman–Crippen LogP) is 5.58. The van der Waals surface area contributed by atoms with E-state index in [1.165, 1.54) is 23.9 Å². The number of amidine groups is 1. The van der Waals surface area contributed by atoms with Crippen molar-refractivity contribution in [3.05, 3.63) is 64.7 Å². The van der Waals surface area contributed by atoms with Crippen molar-refractivity contribution in [2.24, 2.45) is 4.99 Å². The summed E-state index contributed by atoms with van der Waals surface area (Å²) in [5.41, 5.74) is -0.335. The average Bonchev–Trinajstić information content (AvgIpc) is 2.88. The Morgan fingerprint density at radius 2 is 2.03 bits per heavy atom. The number of likely N-dealkylation sites (N-methyl/N-ethyl adjacent to an activating group) is 1. The number of carbonyl (C=O) groups excluding carboxylic acids is 1. The minimum Gasteiger partial charge on any atom is -0.507 e. The number of hydrogen-bond donors (Lipinski definition) is 2. The minimum absolute atomic E-state index is 0.0911. The van der Waals surface area contributed by atoms with Crippen molar-refractivity contribution in [3.8, 4) is 17.0 Å². The Morgan fingerprint density at radius 3 is 2.76 bits per heavy atom. The fourth-order valence-corrected chi connectivity index (χ4v) is 5.20. The summed E-state index contributed by atoms with van der Waals surface area (Å²) >= 11 is 8.99. The summed E-state index contributed by atoms with van der Waals surface area (Å²) in [6.07, 6.45) is 2.25. The molecule has 0 saturated carbocycles. The highest BCUT2D eigenvalue weighted by atomic mass is 35.5. The third kappa shape index (κ3) is 6.21. The normalized spacial score (nSPS) is 15.2. The molecule has 200 valence electrons. The number of carbonyl (C=O) groups is 1. The van der Waals surface area contributed by atoms with E-state index < -0.39 is 28.6 Å². The number of anilines is 1. The molecule has 0 atom stereocenters. The number of nitrogens with one attached hydrogen (secondary N) is 1. The molecule has 1 saturated heterocycles. The highest BCUT2D eigenvalue weighted by Gasteiger charge is 2.26. The molecule has 2 N–H and O–H groups in total. The Morgan fingerprint density at radius 1 is 1.24 bits per heavy atom. The number of phenolic OH excluding ortho intramolecular Hbond substituents is 1. The lowest BCUT2D eigenvalue weighted by molar-refractivity contribution is -0.105. The van der Waals surface area contributed by atoms with Crippen molar-refractivity contribution in [1.82, 2.24) is 14.2 Å². The Balaban J connectivity index is 1.95. The lowest BCUT2D eigenvalue weighted by Gasteiger charge is -2.30. The third-order valence-electron chi connectivity index (χ3n) is 5.65. The smallest absolute Gasteiger partial charge is 0.212 e. The van der Waals surface area contributed by atoms with E-state index in [9.17, 15) is 14.3 Å². The van der Waals surface area contributed by atoms with Crippen LogP contribution in [0.1, 0.15) is 5.56 Å². The predicted molar refractivity (Wildman–Crippen MR) is 148 cm³/mol. The average molecular weight is 580 g/mol. The van der Waals surface area contributed by atoms with Crippen LogP contribution in [0.2, 0.25) is 5.02 Å². The van der Waals surface area contributed by atoms with E-state index in [0.29, 0.717) is 36.8 Å². The number of hydrogen-bond acceptors (Lipinski definition) is 8. The van der Waals surface area contributed by atoms with Gasteiger partial charge in [-0.25, -0.2) is 18.8 Å². The largest absolute Gasteiger partial charge is 0.507 e. The van der Waals surface area contributed by atoms with Crippen LogP contribution in [0.5, 0.6) is 5.75 Å². The Bertz CT molecular complexity index is 1340. The summed E-state index contributed by atoms with van der Waals surface area (Å²) in [6.45, 7) is 2.23. The molecule has 3 aromatic rings. The summed E-state index contributed by atoms with van der Waals surface area (Å²) in [5.74, 6) is -2.16. The van der Waals surface area contributed by atoms with Gasteiger partial charge >= 0.3 is 0 Å². The zero-order valence-electron chi connectivity index (χ0n) is 20.5. The zero-order valence-corrected chi connectivity index (χ0v) is 22.8. The van der Waals surface area contributed by atoms with Crippen molar-refractivity contribution in [2.45, 2.75) is 4.90 Å². The van der Waals surface area contributed by atoms with Gasteiger partial charge < -0.3 is 15.3 Å². The molecular weight excluding hydrogens is 556 g/mol. The topological polar surface area (TPSA) is 90.3 Å². The van der Waals surface area contributed by atoms with Crippen LogP contribution in [0.4, 0.5) is 20.3 Å². The molecule has 4 rings (SSSR count). The van der Waals surface area contributed by atoms with Gasteiger partial charge in [0.15, 0.2) is 11.7 Å². The zero-order chi connectivity index (χ0) is 27.2. The van der Waals surface area contributed by atoms with Crippen LogP contribution in [-0.4, -0.2) is 71.1 Å². The van der Waals surface area contributed by atoms with Crippen LogP contribution in [0.15, 0.2) is 52.4 Å². The number of amides is 1. The van der Waals surface area contributed by atoms with Crippen molar-refractivity contribution < 1.29 is 22.9 Å². The summed E-state index contributed by atoms with van der Waals surface area (Å²) in [4.78, 5) is 23.4. The van der Waals surface area contributed by atoms with E-state index in [1.54, 1.807) is 16.4 Å². The fraction of sp³-hybridized carbons (Fsp3) is 0.240. The number of halogens is 3. The molecule has 1 fully saturated rings. The van der Waals surface area contributed by atoms with E-state index in [4.69, 9.17) is 20.8 Å². The monoisotopic (exact) mass is 579 g/mol. The van der Waals surface area contributed by atoms with Crippen molar-refractivity contribution >= 4 is 59.3 Å². The summed E-state index contributed by atoms with van der Waals surface area (Å²) in [7, 11) is 1.95. The SMILES string of the molecule is CSc1cccc(Cl)c1/N=C(\c1cc(F)c(-c2c(O)cccc2F)nc1NC=O)N1CCN(C)CCOS1. The maximum absolute atomic E-state index is 15.6. The molecular formula is C25H24ClF2N5O3S2. The molecule has 8 nitrogen and oxygen atoms in total. The van der Waals surface area contributed by atoms with E-state index in [-0.39, 0.29) is 17.2 Å². The second-order valence-electron chi connectivity index (χ2n) is 8.14. The van der Waals surface area contributed by atoms with Gasteiger partial charge in [0, 0.05) is 24.5 Å². The number of phenols is 1. The number of aromatic nitrogens is 1. The lowest BCUT2D eigenvalue weighted by atomic mass is 10.1. The molecule has 1 aliphatic rings. The van der Waals surface area contributed by atoms with Gasteiger partial charge in [-0.05, 0) is 43.6 Å². The summed E-state index contributed by atoms with van der Waals surface area (Å²) in [5, 5.41) is 13.1. The van der Waals surface area contributed by atoms with E-state index >= 15 is 4.39 Å². The van der Waals surface area contributed by atoms with E-state index in [0.717, 1.165) is 35.8 Å². The molecule has 2 aromatic carbocycles. The van der Waals surface area contributed by atoms with Gasteiger partial charge in [0.25, 0.3) is 0 Å². The Kier molecular flexibility index (Phi) is 9.44. The van der Waals surface area contributed by atoms with Gasteiger partial charge in [0.2, 0.25) is 6.41 Å². The number of nitrogens with zero attached hydrogens (tertiary/aromatic N) is 4. The number of benzene rings is 2. The van der Waals surface area contributed by atoms with Crippen molar-refractivity contribution in [3.63, 3.8) is 0 Å². The first-order chi connectivity index (χ1) is 18.3. The molecule has 0 spiro atoms. The van der Waals surface area contributed by atoms with Crippen LogP contribution >= 0.6 is 35.6 Å². The Labute approximate surface area is 232 Å². The van der Waals surface area contributed by atoms with Crippen LogP contribution in [0, 0.1) is 11.6 Å². The number of rotatable bonds is 6. The van der Waals surface area contributed by atoms with Gasteiger partial charge in [-0.2, -0.15) is 0 Å². The molecule has 1 aromatic heterocycles. The quantitative estimate of drug-likeness (QED) is 0.0977. The van der Waals surface area contributed by atoms with E-state index in [1.807, 2.05) is 19.4 Å². The van der Waals surface area contributed by atoms with Crippen LogP contribution in [0.25, 0.3) is 11.3 Å².